The molecule has 7 heterocycles. The van der Waals surface area contributed by atoms with Gasteiger partial charge in [-0.3, -0.25) is 4.79 Å². The molecule has 4 aromatic rings. The van der Waals surface area contributed by atoms with E-state index in [9.17, 15) is 29.1 Å². The van der Waals surface area contributed by atoms with Crippen molar-refractivity contribution in [2.24, 2.45) is 0 Å². The molecule has 7 aliphatic heterocycles. The number of hydrogen-bond donors (Lipinski definition) is 1. The van der Waals surface area contributed by atoms with E-state index in [1.807, 2.05) is 64.1 Å². The summed E-state index contributed by atoms with van der Waals surface area (Å²) in [5.74, 6) is -3.32. The number of benzene rings is 4. The number of carbonyl (C=O) groups excluding carboxylic acids is 5. The first-order chi connectivity index (χ1) is 39.9. The standard InChI is InChI=1S/C14H10O3.C13H22O4.C12H12O4.C12H12O3.C7H14O4.C5H8O2.CH4/c15-13(11-7-3-1-4-8-11)17-14(16)12-9-5-2-6-10-12;1-11(2)14-8-13(17-11)6-5-9-10(7-13)16-12(3,4)15-9;13-11(9-4-2-1-3-5-9)16-12-6-7-14-8-10(12)15-12;13-12(10-4-2-1-3-5-10)15-11-6-8-14-9-7-11;1-9-7(10-2)3-4-11-5-6(7)8;6-5-1-3-7-4-2-5;/h1-10H;9-10H,5-8H2,1-4H3;1-5,10H,6-8H2;1-6H,7-9H2;6,8H,3-5H2,1-2H3;1-4H2;1H4/t;9-,10+,13-;10-,12-;;6-;;/m.11.1../s1. The lowest BCUT2D eigenvalue weighted by atomic mass is 9.82. The second kappa shape index (κ2) is 31.9. The molecule has 12 rings (SSSR count). The summed E-state index contributed by atoms with van der Waals surface area (Å²) in [5.41, 5.74) is 1.69. The van der Waals surface area contributed by atoms with Crippen molar-refractivity contribution in [1.29, 1.82) is 0 Å². The van der Waals surface area contributed by atoms with E-state index in [4.69, 9.17) is 66.3 Å². The number of ether oxygens (including phenoxy) is 14. The smallest absolute Gasteiger partial charge is 0.346 e. The Kier molecular flexibility index (Phi) is 25.4. The van der Waals surface area contributed by atoms with Gasteiger partial charge in [-0.2, -0.15) is 0 Å². The molecule has 458 valence electrons. The molecule has 0 bridgehead atoms. The molecule has 1 N–H and O–H groups in total. The fourth-order valence-corrected chi connectivity index (χ4v) is 9.80. The predicted octanol–water partition coefficient (Wildman–Crippen LogP) is 9.16. The van der Waals surface area contributed by atoms with Gasteiger partial charge in [0.1, 0.15) is 17.6 Å². The summed E-state index contributed by atoms with van der Waals surface area (Å²) in [5, 5.41) is 9.44. The molecule has 6 saturated heterocycles. The van der Waals surface area contributed by atoms with E-state index in [1.165, 1.54) is 14.2 Å². The van der Waals surface area contributed by atoms with Crippen LogP contribution >= 0.6 is 0 Å². The molecule has 20 heteroatoms. The Bertz CT molecular complexity index is 2660. The van der Waals surface area contributed by atoms with Gasteiger partial charge in [0.2, 0.25) is 5.79 Å². The third-order valence-corrected chi connectivity index (χ3v) is 14.3. The summed E-state index contributed by atoms with van der Waals surface area (Å²) in [4.78, 5) is 57.0. The van der Waals surface area contributed by atoms with Crippen LogP contribution in [0.3, 0.4) is 0 Å². The maximum atomic E-state index is 11.8. The number of Topliss-reactive ketones (excluding diaryl/α,β-unsaturated/α-hetero) is 1. The van der Waals surface area contributed by atoms with Crippen LogP contribution in [0.5, 0.6) is 0 Å². The first-order valence-electron chi connectivity index (χ1n) is 28.0. The monoisotopic (exact) mass is 1170 g/mol. The minimum atomic E-state index is -0.849. The van der Waals surface area contributed by atoms with E-state index in [0.29, 0.717) is 119 Å². The zero-order chi connectivity index (χ0) is 59.4. The van der Waals surface area contributed by atoms with E-state index in [-0.39, 0.29) is 49.9 Å². The van der Waals surface area contributed by atoms with Crippen molar-refractivity contribution in [3.63, 3.8) is 0 Å². The average Bonchev–Trinajstić information content (AvgIpc) is 2.90. The Labute approximate surface area is 492 Å². The van der Waals surface area contributed by atoms with Crippen molar-refractivity contribution in [2.75, 3.05) is 73.7 Å². The van der Waals surface area contributed by atoms with E-state index in [0.717, 1.165) is 19.3 Å². The van der Waals surface area contributed by atoms with Crippen LogP contribution in [0.25, 0.3) is 0 Å². The summed E-state index contributed by atoms with van der Waals surface area (Å²) in [6.45, 7) is 13.0. The summed E-state index contributed by atoms with van der Waals surface area (Å²) in [6, 6.07) is 34.7. The van der Waals surface area contributed by atoms with Crippen LogP contribution in [-0.2, 0) is 71.1 Å². The van der Waals surface area contributed by atoms with Crippen LogP contribution in [0.4, 0.5) is 0 Å². The largest absolute Gasteiger partial charge is 0.428 e. The number of ketones is 1. The number of rotatable bonds is 8. The van der Waals surface area contributed by atoms with Gasteiger partial charge in [0.15, 0.2) is 23.5 Å². The van der Waals surface area contributed by atoms with Crippen LogP contribution in [0.2, 0.25) is 0 Å². The Morgan fingerprint density at radius 1 is 0.560 bits per heavy atom. The molecule has 20 nitrogen and oxygen atoms in total. The van der Waals surface area contributed by atoms with Crippen LogP contribution in [0.15, 0.2) is 133 Å². The van der Waals surface area contributed by atoms with Gasteiger partial charge >= 0.3 is 23.9 Å². The SMILES string of the molecule is C.CC1(C)O[C@H]2C[C@]3(CC[C@H]2O1)COC(C)(C)O3.COC1(OC)CCOC[C@H]1O.O=C(OC(=O)c1ccccc1)c1ccccc1.O=C(OC1=CCOCC1)c1ccccc1.O=C(O[C@]12CCOC[C@H]1O2)c1ccccc1.O=C1CCOCC1. The average molecular weight is 1170 g/mol. The van der Waals surface area contributed by atoms with Gasteiger partial charge in [-0.05, 0) is 95.1 Å². The maximum absolute atomic E-state index is 11.8. The van der Waals surface area contributed by atoms with Gasteiger partial charge in [-0.25, -0.2) is 19.2 Å². The number of aliphatic hydroxyl groups is 1. The Morgan fingerprint density at radius 3 is 1.54 bits per heavy atom. The third-order valence-electron chi connectivity index (χ3n) is 14.3. The molecule has 6 atom stereocenters. The molecule has 0 aromatic heterocycles. The van der Waals surface area contributed by atoms with Crippen LogP contribution in [-0.4, -0.2) is 162 Å². The summed E-state index contributed by atoms with van der Waals surface area (Å²) >= 11 is 0. The van der Waals surface area contributed by atoms with Gasteiger partial charge in [0.05, 0.1) is 99.5 Å². The molecule has 1 aliphatic carbocycles. The number of epoxide rings is 1. The number of aliphatic hydroxyl groups excluding tert-OH is 1. The molecule has 1 spiro atoms. The van der Waals surface area contributed by atoms with E-state index < -0.39 is 41.2 Å². The topological polar surface area (TPSA) is 238 Å². The number of methoxy groups -OCH3 is 2. The van der Waals surface area contributed by atoms with E-state index in [1.54, 1.807) is 91.0 Å². The maximum Gasteiger partial charge on any atom is 0.346 e. The molecule has 0 amide bonds. The summed E-state index contributed by atoms with van der Waals surface area (Å²) in [6.07, 6.45) is 7.38. The Hall–Kier alpha value is -6.11. The minimum Gasteiger partial charge on any atom is -0.428 e. The second-order valence-electron chi connectivity index (χ2n) is 21.3. The van der Waals surface area contributed by atoms with Gasteiger partial charge < -0.3 is 71.4 Å². The zero-order valence-electron chi connectivity index (χ0n) is 48.2. The predicted molar refractivity (Wildman–Crippen MR) is 304 cm³/mol. The fourth-order valence-electron chi connectivity index (χ4n) is 9.80. The fraction of sp³-hybridized carbons (Fsp3) is 0.516. The van der Waals surface area contributed by atoms with Crippen molar-refractivity contribution in [3.8, 4) is 0 Å². The summed E-state index contributed by atoms with van der Waals surface area (Å²) in [7, 11) is 3.05. The van der Waals surface area contributed by atoms with Crippen LogP contribution in [0, 0.1) is 0 Å². The first kappa shape index (κ1) is 67.0. The van der Waals surface area contributed by atoms with Gasteiger partial charge in [0, 0.05) is 52.7 Å². The molecule has 8 aliphatic rings. The number of esters is 4. The molecule has 4 aromatic carbocycles. The third kappa shape index (κ3) is 20.0. The lowest BCUT2D eigenvalue weighted by Crippen LogP contribution is -2.52. The molecule has 84 heavy (non-hydrogen) atoms. The van der Waals surface area contributed by atoms with Crippen molar-refractivity contribution >= 4 is 29.7 Å². The zero-order valence-corrected chi connectivity index (χ0v) is 48.2. The highest BCUT2D eigenvalue weighted by atomic mass is 16.8. The van der Waals surface area contributed by atoms with Crippen LogP contribution in [0.1, 0.15) is 128 Å². The van der Waals surface area contributed by atoms with Crippen molar-refractivity contribution in [1.82, 2.24) is 0 Å². The highest BCUT2D eigenvalue weighted by Gasteiger charge is 2.62. The molecular formula is C64H82O20. The molecule has 1 saturated carbocycles. The summed E-state index contributed by atoms with van der Waals surface area (Å²) < 4.78 is 74.9. The van der Waals surface area contributed by atoms with Crippen molar-refractivity contribution in [2.45, 2.75) is 140 Å². The highest BCUT2D eigenvalue weighted by Crippen LogP contribution is 2.47. The van der Waals surface area contributed by atoms with E-state index >= 15 is 0 Å². The molecular weight excluding hydrogens is 1090 g/mol. The normalized spacial score (nSPS) is 26.2. The Balaban J connectivity index is 0.000000164. The second-order valence-corrected chi connectivity index (χ2v) is 21.3. The van der Waals surface area contributed by atoms with Crippen molar-refractivity contribution in [3.05, 3.63) is 155 Å². The number of carbonyl (C=O) groups is 5. The number of fused-ring (bicyclic) bond motifs is 2. The molecule has 0 unspecified atom stereocenters. The first-order valence-corrected chi connectivity index (χ1v) is 28.0. The number of hydrogen-bond acceptors (Lipinski definition) is 20. The van der Waals surface area contributed by atoms with Crippen LogP contribution < -0.4 is 0 Å². The highest BCUT2D eigenvalue weighted by molar-refractivity contribution is 6.02. The van der Waals surface area contributed by atoms with Gasteiger partial charge in [-0.1, -0.05) is 80.2 Å². The Morgan fingerprint density at radius 2 is 1.07 bits per heavy atom. The van der Waals surface area contributed by atoms with Gasteiger partial charge in [0.25, 0.3) is 0 Å². The quantitative estimate of drug-likeness (QED) is 0.0569. The van der Waals surface area contributed by atoms with Crippen molar-refractivity contribution < 1.29 is 95.4 Å². The molecule has 7 fully saturated rings. The van der Waals surface area contributed by atoms with Gasteiger partial charge in [-0.15, -0.1) is 0 Å². The lowest BCUT2D eigenvalue weighted by Gasteiger charge is -2.38. The lowest BCUT2D eigenvalue weighted by molar-refractivity contribution is -0.292. The van der Waals surface area contributed by atoms with E-state index in [2.05, 4.69) is 0 Å². The minimum absolute atomic E-state index is 0. The molecule has 0 radical (unpaired) electrons.